The lowest BCUT2D eigenvalue weighted by atomic mass is 10.1. The number of aryl methyl sites for hydroxylation is 1. The van der Waals surface area contributed by atoms with E-state index in [1.54, 1.807) is 30.6 Å². The molecule has 1 aromatic heterocycles. The van der Waals surface area contributed by atoms with Gasteiger partial charge in [-0.25, -0.2) is 9.79 Å². The Morgan fingerprint density at radius 2 is 1.75 bits per heavy atom. The molecule has 20 heavy (non-hydrogen) atoms. The minimum Gasteiger partial charge on any atom is -0.402 e. The normalized spacial score (nSPS) is 16.1. The number of carbonyl (C=O) groups excluding carboxylic acids is 1. The summed E-state index contributed by atoms with van der Waals surface area (Å²) in [4.78, 5) is 20.0. The first-order chi connectivity index (χ1) is 9.72. The molecule has 4 nitrogen and oxygen atoms in total. The molecule has 1 aliphatic heterocycles. The Morgan fingerprint density at radius 3 is 2.45 bits per heavy atom. The van der Waals surface area contributed by atoms with Crippen LogP contribution in [0.2, 0.25) is 0 Å². The fourth-order valence-electron chi connectivity index (χ4n) is 1.85. The number of ether oxygens (including phenoxy) is 1. The van der Waals surface area contributed by atoms with Gasteiger partial charge in [0.1, 0.15) is 0 Å². The molecule has 0 atom stereocenters. The first-order valence-corrected chi connectivity index (χ1v) is 6.22. The van der Waals surface area contributed by atoms with E-state index in [0.717, 1.165) is 11.1 Å². The van der Waals surface area contributed by atoms with Crippen LogP contribution in [0, 0.1) is 6.92 Å². The summed E-state index contributed by atoms with van der Waals surface area (Å²) in [6.45, 7) is 2.01. The van der Waals surface area contributed by atoms with Crippen LogP contribution in [0.1, 0.15) is 16.7 Å². The van der Waals surface area contributed by atoms with Gasteiger partial charge in [-0.1, -0.05) is 29.8 Å². The molecule has 0 fully saturated rings. The minimum atomic E-state index is -0.433. The van der Waals surface area contributed by atoms with Crippen molar-refractivity contribution in [2.75, 3.05) is 0 Å². The fraction of sp³-hybridized carbons (Fsp3) is 0.0625. The molecule has 0 amide bonds. The number of carbonyl (C=O) groups is 1. The Morgan fingerprint density at radius 1 is 1.05 bits per heavy atom. The second kappa shape index (κ2) is 5.09. The Labute approximate surface area is 116 Å². The standard InChI is InChI=1S/C16H12N2O2/c1-11-2-4-12(5-3-11)10-14-16(19)20-15(18-14)13-6-8-17-9-7-13/h2-10H,1H3/b14-10+. The summed E-state index contributed by atoms with van der Waals surface area (Å²) >= 11 is 0. The first-order valence-electron chi connectivity index (χ1n) is 6.22. The van der Waals surface area contributed by atoms with Crippen LogP contribution in [0.25, 0.3) is 6.08 Å². The van der Waals surface area contributed by atoms with Gasteiger partial charge in [0, 0.05) is 18.0 Å². The number of nitrogens with zero attached hydrogens (tertiary/aromatic N) is 2. The lowest BCUT2D eigenvalue weighted by Gasteiger charge is -1.96. The molecule has 0 bridgehead atoms. The smallest absolute Gasteiger partial charge is 0.363 e. The van der Waals surface area contributed by atoms with Crippen LogP contribution in [0.15, 0.2) is 59.5 Å². The Kier molecular flexibility index (Phi) is 3.13. The maximum atomic E-state index is 11.8. The molecule has 0 saturated heterocycles. The number of benzene rings is 1. The number of hydrogen-bond donors (Lipinski definition) is 0. The zero-order chi connectivity index (χ0) is 13.9. The Hall–Kier alpha value is -2.75. The summed E-state index contributed by atoms with van der Waals surface area (Å²) in [5.41, 5.74) is 3.13. The minimum absolute atomic E-state index is 0.306. The maximum Gasteiger partial charge on any atom is 0.363 e. The van der Waals surface area contributed by atoms with E-state index >= 15 is 0 Å². The van der Waals surface area contributed by atoms with Gasteiger partial charge < -0.3 is 4.74 Å². The molecular formula is C16H12N2O2. The predicted molar refractivity (Wildman–Crippen MR) is 76.0 cm³/mol. The lowest BCUT2D eigenvalue weighted by Crippen LogP contribution is -2.05. The average molecular weight is 264 g/mol. The fourth-order valence-corrected chi connectivity index (χ4v) is 1.85. The summed E-state index contributed by atoms with van der Waals surface area (Å²) in [6, 6.07) is 11.4. The number of aliphatic imine (C=N–C) groups is 1. The van der Waals surface area contributed by atoms with Crippen LogP contribution in [-0.2, 0) is 9.53 Å². The zero-order valence-corrected chi connectivity index (χ0v) is 10.9. The van der Waals surface area contributed by atoms with Crippen molar-refractivity contribution in [3.05, 3.63) is 71.2 Å². The highest BCUT2D eigenvalue weighted by atomic mass is 16.6. The largest absolute Gasteiger partial charge is 0.402 e. The van der Waals surface area contributed by atoms with Crippen molar-refractivity contribution < 1.29 is 9.53 Å². The van der Waals surface area contributed by atoms with Crippen molar-refractivity contribution in [1.29, 1.82) is 0 Å². The Balaban J connectivity index is 1.92. The molecule has 3 rings (SSSR count). The van der Waals surface area contributed by atoms with Crippen molar-refractivity contribution >= 4 is 17.9 Å². The summed E-state index contributed by atoms with van der Waals surface area (Å²) in [5.74, 6) is -0.117. The van der Waals surface area contributed by atoms with Crippen LogP contribution < -0.4 is 0 Å². The molecule has 1 aliphatic rings. The molecule has 98 valence electrons. The van der Waals surface area contributed by atoms with Crippen molar-refractivity contribution in [2.24, 2.45) is 4.99 Å². The van der Waals surface area contributed by atoms with Gasteiger partial charge in [-0.05, 0) is 30.7 Å². The zero-order valence-electron chi connectivity index (χ0n) is 10.9. The molecule has 0 unspecified atom stereocenters. The maximum absolute atomic E-state index is 11.8. The monoisotopic (exact) mass is 264 g/mol. The van der Waals surface area contributed by atoms with Crippen LogP contribution in [0.5, 0.6) is 0 Å². The third kappa shape index (κ3) is 2.49. The highest BCUT2D eigenvalue weighted by Crippen LogP contribution is 2.18. The van der Waals surface area contributed by atoms with Gasteiger partial charge in [-0.3, -0.25) is 4.98 Å². The SMILES string of the molecule is Cc1ccc(/C=C2/N=C(c3ccncc3)OC2=O)cc1. The topological polar surface area (TPSA) is 51.6 Å². The van der Waals surface area contributed by atoms with Gasteiger partial charge in [-0.15, -0.1) is 0 Å². The molecule has 2 heterocycles. The van der Waals surface area contributed by atoms with E-state index in [-0.39, 0.29) is 0 Å². The number of aromatic nitrogens is 1. The lowest BCUT2D eigenvalue weighted by molar-refractivity contribution is -0.129. The van der Waals surface area contributed by atoms with Crippen LogP contribution in [0.3, 0.4) is 0 Å². The number of rotatable bonds is 2. The molecule has 0 aliphatic carbocycles. The highest BCUT2D eigenvalue weighted by molar-refractivity contribution is 6.12. The molecular weight excluding hydrogens is 252 g/mol. The molecule has 0 saturated carbocycles. The van der Waals surface area contributed by atoms with Crippen molar-refractivity contribution in [2.45, 2.75) is 6.92 Å². The summed E-state index contributed by atoms with van der Waals surface area (Å²) < 4.78 is 5.17. The number of cyclic esters (lactones) is 1. The highest BCUT2D eigenvalue weighted by Gasteiger charge is 2.23. The molecule has 2 aromatic rings. The van der Waals surface area contributed by atoms with Crippen LogP contribution >= 0.6 is 0 Å². The van der Waals surface area contributed by atoms with E-state index in [9.17, 15) is 4.79 Å². The van der Waals surface area contributed by atoms with Crippen LogP contribution in [0.4, 0.5) is 0 Å². The van der Waals surface area contributed by atoms with Gasteiger partial charge in [-0.2, -0.15) is 0 Å². The molecule has 1 aromatic carbocycles. The molecule has 4 heteroatoms. The third-order valence-corrected chi connectivity index (χ3v) is 2.93. The van der Waals surface area contributed by atoms with E-state index in [0.29, 0.717) is 11.6 Å². The van der Waals surface area contributed by atoms with E-state index in [4.69, 9.17) is 4.74 Å². The van der Waals surface area contributed by atoms with Gasteiger partial charge in [0.15, 0.2) is 5.70 Å². The second-order valence-electron chi connectivity index (χ2n) is 4.48. The van der Waals surface area contributed by atoms with Gasteiger partial charge >= 0.3 is 5.97 Å². The quantitative estimate of drug-likeness (QED) is 0.619. The van der Waals surface area contributed by atoms with Crippen LogP contribution in [-0.4, -0.2) is 16.9 Å². The number of pyridine rings is 1. The molecule has 0 N–H and O–H groups in total. The average Bonchev–Trinajstić information content (AvgIpc) is 2.84. The predicted octanol–water partition coefficient (Wildman–Crippen LogP) is 2.73. The Bertz CT molecular complexity index is 701. The molecule has 0 spiro atoms. The second-order valence-corrected chi connectivity index (χ2v) is 4.48. The number of hydrogen-bond acceptors (Lipinski definition) is 4. The summed E-state index contributed by atoms with van der Waals surface area (Å²) in [6.07, 6.45) is 4.98. The van der Waals surface area contributed by atoms with E-state index in [1.165, 1.54) is 5.56 Å². The van der Waals surface area contributed by atoms with Crippen molar-refractivity contribution in [3.8, 4) is 0 Å². The van der Waals surface area contributed by atoms with E-state index in [2.05, 4.69) is 9.98 Å². The van der Waals surface area contributed by atoms with Crippen molar-refractivity contribution in [1.82, 2.24) is 4.98 Å². The van der Waals surface area contributed by atoms with Gasteiger partial charge in [0.25, 0.3) is 0 Å². The third-order valence-electron chi connectivity index (χ3n) is 2.93. The summed E-state index contributed by atoms with van der Waals surface area (Å²) in [7, 11) is 0. The van der Waals surface area contributed by atoms with Gasteiger partial charge in [0.2, 0.25) is 5.90 Å². The number of esters is 1. The van der Waals surface area contributed by atoms with E-state index < -0.39 is 5.97 Å². The van der Waals surface area contributed by atoms with Crippen molar-refractivity contribution in [3.63, 3.8) is 0 Å². The molecule has 0 radical (unpaired) electrons. The first kappa shape index (κ1) is 12.3. The van der Waals surface area contributed by atoms with E-state index in [1.807, 2.05) is 31.2 Å². The summed E-state index contributed by atoms with van der Waals surface area (Å²) in [5, 5.41) is 0. The van der Waals surface area contributed by atoms with Gasteiger partial charge in [0.05, 0.1) is 0 Å².